The Morgan fingerprint density at radius 1 is 0.812 bits per heavy atom. The van der Waals surface area contributed by atoms with Crippen LogP contribution in [0.1, 0.15) is 54.9 Å². The van der Waals surface area contributed by atoms with E-state index < -0.39 is 0 Å². The second-order valence-corrected chi connectivity index (χ2v) is 12.9. The van der Waals surface area contributed by atoms with Gasteiger partial charge < -0.3 is 0 Å². The van der Waals surface area contributed by atoms with E-state index in [1.807, 2.05) is 0 Å². The van der Waals surface area contributed by atoms with Crippen molar-refractivity contribution < 1.29 is 0 Å². The van der Waals surface area contributed by atoms with Crippen molar-refractivity contribution in [2.45, 2.75) is 32.6 Å². The van der Waals surface area contributed by atoms with Gasteiger partial charge in [0.05, 0.1) is 0 Å². The molecule has 158 valence electrons. The standard InChI is InChI=1S/C30H26BrP/c1-30(2,3)28-26-18-24(29(28)32(26)20-12-8-5-9-13-20)22-16-17-25(31)27-21(14-15-23(22)27)19-10-6-4-7-11-19/h4-18,21,24H,1-3H3. The number of allylic oxidation sites excluding steroid dienone is 5. The molecule has 7 rings (SSSR count). The van der Waals surface area contributed by atoms with Gasteiger partial charge in [0, 0.05) is 16.3 Å². The van der Waals surface area contributed by atoms with E-state index in [1.165, 1.54) is 32.0 Å². The van der Waals surface area contributed by atoms with E-state index in [0.29, 0.717) is 11.8 Å². The smallest absolute Gasteiger partial charge is 0.0298 e. The van der Waals surface area contributed by atoms with E-state index in [4.69, 9.17) is 0 Å². The van der Waals surface area contributed by atoms with Crippen molar-refractivity contribution in [2.24, 2.45) is 5.41 Å². The van der Waals surface area contributed by atoms with Crippen molar-refractivity contribution in [3.63, 3.8) is 0 Å². The fourth-order valence-corrected chi connectivity index (χ4v) is 9.47. The maximum absolute atomic E-state index is 3.88. The van der Waals surface area contributed by atoms with Crippen LogP contribution in [0.4, 0.5) is 0 Å². The monoisotopic (exact) mass is 496 g/mol. The molecule has 0 spiro atoms. The van der Waals surface area contributed by atoms with Crippen molar-refractivity contribution in [3.05, 3.63) is 128 Å². The summed E-state index contributed by atoms with van der Waals surface area (Å²) in [6.45, 7) is 7.11. The molecule has 2 bridgehead atoms. The summed E-state index contributed by atoms with van der Waals surface area (Å²) in [4.78, 5) is 0. The van der Waals surface area contributed by atoms with Crippen LogP contribution < -0.4 is 5.30 Å². The molecule has 32 heavy (non-hydrogen) atoms. The molecule has 0 saturated heterocycles. The number of benzene rings is 3. The fourth-order valence-electron chi connectivity index (χ4n) is 5.61. The van der Waals surface area contributed by atoms with Gasteiger partial charge in [-0.2, -0.15) is 0 Å². The highest BCUT2D eigenvalue weighted by Crippen LogP contribution is 2.77. The van der Waals surface area contributed by atoms with Crippen molar-refractivity contribution in [3.8, 4) is 0 Å². The third kappa shape index (κ3) is 2.98. The van der Waals surface area contributed by atoms with Gasteiger partial charge in [0.1, 0.15) is 0 Å². The van der Waals surface area contributed by atoms with Crippen molar-refractivity contribution in [2.75, 3.05) is 0 Å². The molecule has 3 atom stereocenters. The third-order valence-corrected chi connectivity index (χ3v) is 10.2. The van der Waals surface area contributed by atoms with E-state index in [-0.39, 0.29) is 13.3 Å². The highest BCUT2D eigenvalue weighted by molar-refractivity contribution is 9.10. The van der Waals surface area contributed by atoms with Crippen molar-refractivity contribution >= 4 is 35.2 Å². The van der Waals surface area contributed by atoms with E-state index in [0.717, 1.165) is 0 Å². The lowest BCUT2D eigenvalue weighted by Gasteiger charge is -2.40. The van der Waals surface area contributed by atoms with Crippen LogP contribution in [0.15, 0.2) is 106 Å². The maximum Gasteiger partial charge on any atom is 0.0298 e. The van der Waals surface area contributed by atoms with Gasteiger partial charge in [-0.05, 0) is 63.2 Å². The van der Waals surface area contributed by atoms with E-state index in [1.54, 1.807) is 16.2 Å². The molecule has 2 aliphatic carbocycles. The minimum absolute atomic E-state index is 0.185. The summed E-state index contributed by atoms with van der Waals surface area (Å²) < 4.78 is 1.21. The highest BCUT2D eigenvalue weighted by atomic mass is 79.9. The van der Waals surface area contributed by atoms with Crippen LogP contribution >= 0.6 is 23.9 Å². The molecule has 0 saturated carbocycles. The second-order valence-electron chi connectivity index (χ2n) is 9.92. The molecule has 0 aromatic heterocycles. The average Bonchev–Trinajstić information content (AvgIpc) is 3.48. The van der Waals surface area contributed by atoms with Gasteiger partial charge in [-0.1, -0.05) is 122 Å². The second kappa shape index (κ2) is 7.41. The molecule has 0 radical (unpaired) electrons. The number of rotatable bonds is 3. The molecule has 2 aliphatic heterocycles. The van der Waals surface area contributed by atoms with Crippen LogP contribution in [0.5, 0.6) is 0 Å². The predicted molar refractivity (Wildman–Crippen MR) is 142 cm³/mol. The molecule has 3 aromatic carbocycles. The molecule has 2 heteroatoms. The maximum atomic E-state index is 3.88. The van der Waals surface area contributed by atoms with Crippen molar-refractivity contribution in [1.82, 2.24) is 0 Å². The number of hydrogen-bond acceptors (Lipinski definition) is 0. The van der Waals surface area contributed by atoms with Crippen LogP contribution in [-0.2, 0) is 0 Å². The minimum Gasteiger partial charge on any atom is -0.0720 e. The van der Waals surface area contributed by atoms with Crippen LogP contribution in [-0.4, -0.2) is 0 Å². The quantitative estimate of drug-likeness (QED) is 0.318. The normalized spacial score (nSPS) is 23.2. The Morgan fingerprint density at radius 2 is 1.50 bits per heavy atom. The van der Waals surface area contributed by atoms with Crippen LogP contribution in [0.25, 0.3) is 6.08 Å². The summed E-state index contributed by atoms with van der Waals surface area (Å²) in [5.41, 5.74) is 7.44. The molecule has 0 fully saturated rings. The van der Waals surface area contributed by atoms with Gasteiger partial charge in [-0.3, -0.25) is 0 Å². The largest absolute Gasteiger partial charge is 0.0720 e. The molecule has 0 nitrogen and oxygen atoms in total. The summed E-state index contributed by atoms with van der Waals surface area (Å²) in [6, 6.07) is 26.6. The Kier molecular flexibility index (Phi) is 4.72. The summed E-state index contributed by atoms with van der Waals surface area (Å²) in [7, 11) is -0.335. The number of halogens is 1. The Balaban J connectivity index is 1.47. The summed E-state index contributed by atoms with van der Waals surface area (Å²) in [6.07, 6.45) is 7.32. The first kappa shape index (κ1) is 20.4. The fraction of sp³-hybridized carbons (Fsp3) is 0.200. The number of fused-ring (bicyclic) bond motifs is 2. The zero-order chi connectivity index (χ0) is 22.0. The molecule has 2 heterocycles. The molecule has 0 amide bonds. The summed E-state index contributed by atoms with van der Waals surface area (Å²) in [5.74, 6) is 0.711. The van der Waals surface area contributed by atoms with Crippen LogP contribution in [0, 0.1) is 5.41 Å². The Bertz CT molecular complexity index is 1310. The lowest BCUT2D eigenvalue weighted by molar-refractivity contribution is 0.511. The van der Waals surface area contributed by atoms with Crippen LogP contribution in [0.2, 0.25) is 0 Å². The van der Waals surface area contributed by atoms with Gasteiger partial charge in [-0.25, -0.2) is 0 Å². The SMILES string of the molecule is CC(C)(C)C1=C2C(c3ccc(Br)c4c3C=CC4c3ccccc3)C=C1P2c1ccccc1. The molecule has 3 aromatic rings. The lowest BCUT2D eigenvalue weighted by atomic mass is 9.84. The highest BCUT2D eigenvalue weighted by Gasteiger charge is 2.49. The Hall–Kier alpha value is -2.21. The lowest BCUT2D eigenvalue weighted by Crippen LogP contribution is -2.21. The Labute approximate surface area is 200 Å². The van der Waals surface area contributed by atoms with Gasteiger partial charge in [0.25, 0.3) is 0 Å². The zero-order valence-corrected chi connectivity index (χ0v) is 21.1. The van der Waals surface area contributed by atoms with E-state index in [2.05, 4.69) is 128 Å². The van der Waals surface area contributed by atoms with Gasteiger partial charge in [0.2, 0.25) is 0 Å². The molecular formula is C30H26BrP. The topological polar surface area (TPSA) is 0 Å². The Morgan fingerprint density at radius 3 is 2.19 bits per heavy atom. The molecule has 3 unspecified atom stereocenters. The minimum atomic E-state index is -0.335. The predicted octanol–water partition coefficient (Wildman–Crippen LogP) is 8.71. The third-order valence-electron chi connectivity index (χ3n) is 6.91. The van der Waals surface area contributed by atoms with Gasteiger partial charge in [-0.15, -0.1) is 0 Å². The summed E-state index contributed by atoms with van der Waals surface area (Å²) >= 11 is 3.88. The first-order valence-electron chi connectivity index (χ1n) is 11.3. The van der Waals surface area contributed by atoms with Crippen LogP contribution in [0.3, 0.4) is 0 Å². The summed E-state index contributed by atoms with van der Waals surface area (Å²) in [5, 5.41) is 4.78. The van der Waals surface area contributed by atoms with E-state index in [9.17, 15) is 0 Å². The number of hydrogen-bond donors (Lipinski definition) is 0. The molecule has 4 aliphatic rings. The average molecular weight is 497 g/mol. The van der Waals surface area contributed by atoms with E-state index >= 15 is 0 Å². The molecular weight excluding hydrogens is 471 g/mol. The van der Waals surface area contributed by atoms with Gasteiger partial charge >= 0.3 is 0 Å². The van der Waals surface area contributed by atoms with Crippen molar-refractivity contribution in [1.29, 1.82) is 0 Å². The van der Waals surface area contributed by atoms with Gasteiger partial charge in [0.15, 0.2) is 0 Å². The first-order chi connectivity index (χ1) is 15.4. The zero-order valence-electron chi connectivity index (χ0n) is 18.6. The molecule has 0 N–H and O–H groups in total. The first-order valence-corrected chi connectivity index (χ1v) is 13.5.